The highest BCUT2D eigenvalue weighted by Crippen LogP contribution is 2.31. The molecule has 21 heavy (non-hydrogen) atoms. The quantitative estimate of drug-likeness (QED) is 0.901. The molecule has 5 heteroatoms. The number of aryl methyl sites for hydroxylation is 1. The Morgan fingerprint density at radius 1 is 1.29 bits per heavy atom. The molecule has 0 aliphatic heterocycles. The predicted octanol–water partition coefficient (Wildman–Crippen LogP) is 4.07. The van der Waals surface area contributed by atoms with Crippen LogP contribution in [0, 0.1) is 18.6 Å². The number of hydrogen-bond acceptors (Lipinski definition) is 3. The zero-order valence-corrected chi connectivity index (χ0v) is 12.5. The minimum atomic E-state index is -0.567. The Hall–Kier alpha value is -1.46. The van der Waals surface area contributed by atoms with E-state index < -0.39 is 11.6 Å². The van der Waals surface area contributed by atoms with Gasteiger partial charge in [-0.1, -0.05) is 17.8 Å². The fourth-order valence-corrected chi connectivity index (χ4v) is 2.86. The molecule has 2 aromatic rings. The lowest BCUT2D eigenvalue weighted by Gasteiger charge is -2.08. The number of hydrogen-bond donors (Lipinski definition) is 1. The maximum Gasteiger partial charge on any atom is 0.140 e. The van der Waals surface area contributed by atoms with Crippen molar-refractivity contribution in [2.45, 2.75) is 42.3 Å². The summed E-state index contributed by atoms with van der Waals surface area (Å²) in [6.07, 6.45) is 4.32. The fraction of sp³-hybridized carbons (Fsp3) is 0.312. The van der Waals surface area contributed by atoms with E-state index in [1.807, 2.05) is 13.1 Å². The summed E-state index contributed by atoms with van der Waals surface area (Å²) in [5, 5.41) is 4.18. The standard InChI is InChI=1S/C16H16F2N2S/c1-10-6-11(8-19-13-3-4-13)9-20-16(10)21-15-5-2-12(17)7-14(15)18/h2,5-7,9,13,19H,3-4,8H2,1H3. The predicted molar refractivity (Wildman–Crippen MR) is 79.3 cm³/mol. The van der Waals surface area contributed by atoms with Gasteiger partial charge in [0.05, 0.1) is 0 Å². The average molecular weight is 306 g/mol. The van der Waals surface area contributed by atoms with Crippen LogP contribution in [0.4, 0.5) is 8.78 Å². The van der Waals surface area contributed by atoms with Crippen LogP contribution in [-0.2, 0) is 6.54 Å². The van der Waals surface area contributed by atoms with Crippen molar-refractivity contribution in [2.75, 3.05) is 0 Å². The second kappa shape index (κ2) is 6.12. The summed E-state index contributed by atoms with van der Waals surface area (Å²) in [6.45, 7) is 2.77. The third kappa shape index (κ3) is 3.80. The summed E-state index contributed by atoms with van der Waals surface area (Å²) in [6, 6.07) is 6.32. The number of rotatable bonds is 5. The highest BCUT2D eigenvalue weighted by molar-refractivity contribution is 7.99. The fourth-order valence-electron chi connectivity index (χ4n) is 2.04. The zero-order chi connectivity index (χ0) is 14.8. The van der Waals surface area contributed by atoms with Gasteiger partial charge in [0.15, 0.2) is 0 Å². The van der Waals surface area contributed by atoms with Crippen molar-refractivity contribution < 1.29 is 8.78 Å². The molecule has 1 aromatic carbocycles. The smallest absolute Gasteiger partial charge is 0.140 e. The molecule has 1 heterocycles. The molecule has 2 nitrogen and oxygen atoms in total. The van der Waals surface area contributed by atoms with E-state index in [1.165, 1.54) is 36.7 Å². The van der Waals surface area contributed by atoms with Crippen LogP contribution in [0.25, 0.3) is 0 Å². The Kier molecular flexibility index (Phi) is 4.22. The Morgan fingerprint density at radius 2 is 2.10 bits per heavy atom. The molecule has 0 spiro atoms. The normalized spacial score (nSPS) is 14.4. The summed E-state index contributed by atoms with van der Waals surface area (Å²) in [5.41, 5.74) is 2.13. The molecular weight excluding hydrogens is 290 g/mol. The van der Waals surface area contributed by atoms with Crippen LogP contribution in [0.1, 0.15) is 24.0 Å². The number of pyridine rings is 1. The summed E-state index contributed by atoms with van der Waals surface area (Å²) in [7, 11) is 0. The Bertz CT molecular complexity index is 657. The molecule has 0 amide bonds. The van der Waals surface area contributed by atoms with Gasteiger partial charge in [-0.05, 0) is 43.0 Å². The number of nitrogens with one attached hydrogen (secondary N) is 1. The Labute approximate surface area is 127 Å². The van der Waals surface area contributed by atoms with Gasteiger partial charge < -0.3 is 5.32 Å². The van der Waals surface area contributed by atoms with Gasteiger partial charge in [-0.2, -0.15) is 0 Å². The van der Waals surface area contributed by atoms with E-state index in [4.69, 9.17) is 0 Å². The van der Waals surface area contributed by atoms with Gasteiger partial charge in [0.1, 0.15) is 16.7 Å². The minimum absolute atomic E-state index is 0.385. The van der Waals surface area contributed by atoms with Crippen LogP contribution >= 0.6 is 11.8 Å². The van der Waals surface area contributed by atoms with Crippen molar-refractivity contribution in [2.24, 2.45) is 0 Å². The van der Waals surface area contributed by atoms with E-state index in [0.717, 1.165) is 28.8 Å². The number of aromatic nitrogens is 1. The van der Waals surface area contributed by atoms with Crippen LogP contribution in [0.3, 0.4) is 0 Å². The lowest BCUT2D eigenvalue weighted by molar-refractivity contribution is 0.565. The number of benzene rings is 1. The number of nitrogens with zero attached hydrogens (tertiary/aromatic N) is 1. The average Bonchev–Trinajstić information content (AvgIpc) is 3.26. The van der Waals surface area contributed by atoms with E-state index in [9.17, 15) is 8.78 Å². The lowest BCUT2D eigenvalue weighted by Crippen LogP contribution is -2.15. The number of halogens is 2. The first-order chi connectivity index (χ1) is 10.1. The lowest BCUT2D eigenvalue weighted by atomic mass is 10.2. The molecule has 0 radical (unpaired) electrons. The molecule has 1 saturated carbocycles. The summed E-state index contributed by atoms with van der Waals surface area (Å²) >= 11 is 1.22. The van der Waals surface area contributed by atoms with Gasteiger partial charge >= 0.3 is 0 Å². The largest absolute Gasteiger partial charge is 0.310 e. The van der Waals surface area contributed by atoms with Crippen LogP contribution in [0.5, 0.6) is 0 Å². The first kappa shape index (κ1) is 14.5. The molecule has 1 aliphatic rings. The second-order valence-electron chi connectivity index (χ2n) is 5.30. The van der Waals surface area contributed by atoms with Crippen molar-refractivity contribution >= 4 is 11.8 Å². The SMILES string of the molecule is Cc1cc(CNC2CC2)cnc1Sc1ccc(F)cc1F. The molecule has 1 N–H and O–H groups in total. The van der Waals surface area contributed by atoms with E-state index >= 15 is 0 Å². The Balaban J connectivity index is 1.72. The minimum Gasteiger partial charge on any atom is -0.310 e. The van der Waals surface area contributed by atoms with E-state index in [0.29, 0.717) is 10.9 Å². The second-order valence-corrected chi connectivity index (χ2v) is 6.33. The van der Waals surface area contributed by atoms with Crippen LogP contribution in [-0.4, -0.2) is 11.0 Å². The van der Waals surface area contributed by atoms with Gasteiger partial charge in [0, 0.05) is 29.7 Å². The van der Waals surface area contributed by atoms with Gasteiger partial charge in [0.25, 0.3) is 0 Å². The summed E-state index contributed by atoms with van der Waals surface area (Å²) < 4.78 is 26.6. The zero-order valence-electron chi connectivity index (χ0n) is 11.7. The van der Waals surface area contributed by atoms with Crippen LogP contribution < -0.4 is 5.32 Å². The van der Waals surface area contributed by atoms with Gasteiger partial charge in [-0.15, -0.1) is 0 Å². The van der Waals surface area contributed by atoms with E-state index in [-0.39, 0.29) is 0 Å². The molecule has 0 saturated heterocycles. The molecule has 0 unspecified atom stereocenters. The van der Waals surface area contributed by atoms with Crippen molar-refractivity contribution in [1.82, 2.24) is 10.3 Å². The molecule has 1 aromatic heterocycles. The van der Waals surface area contributed by atoms with Crippen LogP contribution in [0.2, 0.25) is 0 Å². The molecular formula is C16H16F2N2S. The molecule has 1 aliphatic carbocycles. The molecule has 1 fully saturated rings. The summed E-state index contributed by atoms with van der Waals surface area (Å²) in [5.74, 6) is -1.12. The summed E-state index contributed by atoms with van der Waals surface area (Å²) in [4.78, 5) is 4.78. The van der Waals surface area contributed by atoms with Gasteiger partial charge in [0.2, 0.25) is 0 Å². The van der Waals surface area contributed by atoms with Crippen molar-refractivity contribution in [3.8, 4) is 0 Å². The third-order valence-corrected chi connectivity index (χ3v) is 4.53. The first-order valence-corrected chi connectivity index (χ1v) is 7.75. The van der Waals surface area contributed by atoms with E-state index in [1.54, 1.807) is 0 Å². The van der Waals surface area contributed by atoms with Crippen LogP contribution in [0.15, 0.2) is 40.4 Å². The topological polar surface area (TPSA) is 24.9 Å². The maximum atomic E-state index is 13.7. The first-order valence-electron chi connectivity index (χ1n) is 6.93. The molecule has 0 atom stereocenters. The molecule has 110 valence electrons. The highest BCUT2D eigenvalue weighted by atomic mass is 32.2. The van der Waals surface area contributed by atoms with Crippen molar-refractivity contribution in [3.63, 3.8) is 0 Å². The van der Waals surface area contributed by atoms with Crippen molar-refractivity contribution in [3.05, 3.63) is 53.2 Å². The molecule has 3 rings (SSSR count). The Morgan fingerprint density at radius 3 is 2.76 bits per heavy atom. The van der Waals surface area contributed by atoms with Gasteiger partial charge in [-0.3, -0.25) is 0 Å². The van der Waals surface area contributed by atoms with Gasteiger partial charge in [-0.25, -0.2) is 13.8 Å². The maximum absolute atomic E-state index is 13.7. The monoisotopic (exact) mass is 306 g/mol. The third-order valence-electron chi connectivity index (χ3n) is 3.36. The van der Waals surface area contributed by atoms with E-state index in [2.05, 4.69) is 16.4 Å². The molecule has 0 bridgehead atoms. The highest BCUT2D eigenvalue weighted by Gasteiger charge is 2.20. The van der Waals surface area contributed by atoms with Crippen molar-refractivity contribution in [1.29, 1.82) is 0 Å².